The molecule has 0 radical (unpaired) electrons. The summed E-state index contributed by atoms with van der Waals surface area (Å²) in [4.78, 5) is 56.7. The van der Waals surface area contributed by atoms with Crippen LogP contribution in [-0.4, -0.2) is 23.8 Å². The van der Waals surface area contributed by atoms with E-state index in [-0.39, 0.29) is 22.6 Å². The highest BCUT2D eigenvalue weighted by atomic mass is 16.5. The summed E-state index contributed by atoms with van der Waals surface area (Å²) in [5.74, 6) is -2.27. The average molecular weight is 721 g/mol. The Balaban J connectivity index is 1.75. The first-order valence-corrected chi connectivity index (χ1v) is 17.8. The van der Waals surface area contributed by atoms with Crippen molar-refractivity contribution < 1.29 is 28.7 Å². The van der Waals surface area contributed by atoms with Crippen LogP contribution in [0.2, 0.25) is 0 Å². The molecule has 8 heteroatoms. The van der Waals surface area contributed by atoms with Crippen molar-refractivity contribution in [1.29, 1.82) is 0 Å². The lowest BCUT2D eigenvalue weighted by Crippen LogP contribution is -2.28. The number of esters is 2. The molecule has 0 aliphatic heterocycles. The van der Waals surface area contributed by atoms with Gasteiger partial charge in [-0.1, -0.05) is 84.9 Å². The standard InChI is InChI=1S/C46H44N2O6/c1-27-17-9-15-23-35(27)47-41(49)33-25-29-19-11-13-21-31(29)37(39(33)53-43(51)45(3,4)5)38-32-22-14-12-20-30(32)26-34(40(38)54-44(52)46(6,7)8)42(50)48-36-24-16-10-18-28(36)2/h9-26H,1-8H3,(H,47,49)(H,48,50). The van der Waals surface area contributed by atoms with Crippen LogP contribution in [0, 0.1) is 24.7 Å². The molecule has 0 aliphatic carbocycles. The molecule has 2 N–H and O–H groups in total. The highest BCUT2D eigenvalue weighted by Crippen LogP contribution is 2.49. The van der Waals surface area contributed by atoms with E-state index in [1.807, 2.05) is 98.8 Å². The van der Waals surface area contributed by atoms with Crippen LogP contribution in [0.25, 0.3) is 32.7 Å². The molecule has 0 heterocycles. The number of hydrogen-bond donors (Lipinski definition) is 2. The molecule has 6 aromatic carbocycles. The Morgan fingerprint density at radius 2 is 0.815 bits per heavy atom. The van der Waals surface area contributed by atoms with E-state index in [2.05, 4.69) is 10.6 Å². The number of ether oxygens (including phenoxy) is 2. The van der Waals surface area contributed by atoms with Crippen LogP contribution in [0.4, 0.5) is 11.4 Å². The van der Waals surface area contributed by atoms with Crippen LogP contribution in [0.5, 0.6) is 11.5 Å². The number of para-hydroxylation sites is 2. The third kappa shape index (κ3) is 7.60. The molecule has 0 aliphatic rings. The van der Waals surface area contributed by atoms with Crippen LogP contribution in [0.1, 0.15) is 73.4 Å². The fourth-order valence-electron chi connectivity index (χ4n) is 6.00. The monoisotopic (exact) mass is 720 g/mol. The molecule has 6 rings (SSSR count). The zero-order valence-electron chi connectivity index (χ0n) is 31.8. The smallest absolute Gasteiger partial charge is 0.316 e. The third-order valence-electron chi connectivity index (χ3n) is 9.14. The van der Waals surface area contributed by atoms with Crippen LogP contribution < -0.4 is 20.1 Å². The highest BCUT2D eigenvalue weighted by molar-refractivity contribution is 6.20. The third-order valence-corrected chi connectivity index (χ3v) is 9.14. The Hall–Kier alpha value is -6.28. The Bertz CT molecular complexity index is 2290. The zero-order chi connectivity index (χ0) is 38.9. The molecule has 0 saturated carbocycles. The molecule has 2 amide bonds. The fourth-order valence-corrected chi connectivity index (χ4v) is 6.00. The van der Waals surface area contributed by atoms with Crippen molar-refractivity contribution in [2.24, 2.45) is 10.8 Å². The Morgan fingerprint density at radius 3 is 1.17 bits per heavy atom. The van der Waals surface area contributed by atoms with E-state index >= 15 is 0 Å². The topological polar surface area (TPSA) is 111 Å². The fraction of sp³-hybridized carbons (Fsp3) is 0.217. The molecular weight excluding hydrogens is 677 g/mol. The number of anilines is 2. The Morgan fingerprint density at radius 1 is 0.481 bits per heavy atom. The molecule has 6 aromatic rings. The van der Waals surface area contributed by atoms with Gasteiger partial charge in [0.25, 0.3) is 11.8 Å². The highest BCUT2D eigenvalue weighted by Gasteiger charge is 2.34. The van der Waals surface area contributed by atoms with Gasteiger partial charge < -0.3 is 20.1 Å². The molecular formula is C46H44N2O6. The van der Waals surface area contributed by atoms with E-state index in [9.17, 15) is 19.2 Å². The summed E-state index contributed by atoms with van der Waals surface area (Å²) < 4.78 is 12.7. The van der Waals surface area contributed by atoms with Gasteiger partial charge in [-0.2, -0.15) is 0 Å². The number of aryl methyl sites for hydroxylation is 2. The number of fused-ring (bicyclic) bond motifs is 2. The molecule has 0 fully saturated rings. The summed E-state index contributed by atoms with van der Waals surface area (Å²) in [5.41, 5.74) is 1.73. The van der Waals surface area contributed by atoms with E-state index < -0.39 is 34.6 Å². The number of carbonyl (C=O) groups is 4. The van der Waals surface area contributed by atoms with Gasteiger partial charge in [0.05, 0.1) is 22.0 Å². The predicted molar refractivity (Wildman–Crippen MR) is 215 cm³/mol. The minimum absolute atomic E-state index is 0.0330. The molecule has 0 atom stereocenters. The van der Waals surface area contributed by atoms with Crippen molar-refractivity contribution >= 4 is 56.7 Å². The SMILES string of the molecule is Cc1ccccc1NC(=O)c1cc2ccccc2c(-c2c(OC(=O)C(C)(C)C)c(C(=O)Nc3ccccc3C)cc3ccccc23)c1OC(=O)C(C)(C)C. The van der Waals surface area contributed by atoms with Gasteiger partial charge in [0.2, 0.25) is 0 Å². The van der Waals surface area contributed by atoms with Gasteiger partial charge in [0.1, 0.15) is 0 Å². The molecule has 274 valence electrons. The van der Waals surface area contributed by atoms with Crippen molar-refractivity contribution in [1.82, 2.24) is 0 Å². The molecule has 0 spiro atoms. The van der Waals surface area contributed by atoms with Gasteiger partial charge in [-0.3, -0.25) is 19.2 Å². The van der Waals surface area contributed by atoms with E-state index in [4.69, 9.17) is 9.47 Å². The number of nitrogens with one attached hydrogen (secondary N) is 2. The molecule has 0 aromatic heterocycles. The first-order valence-electron chi connectivity index (χ1n) is 17.8. The molecule has 8 nitrogen and oxygen atoms in total. The first-order chi connectivity index (χ1) is 25.5. The van der Waals surface area contributed by atoms with Gasteiger partial charge in [0, 0.05) is 22.5 Å². The largest absolute Gasteiger partial charge is 0.425 e. The summed E-state index contributed by atoms with van der Waals surface area (Å²) in [6, 6.07) is 32.9. The van der Waals surface area contributed by atoms with Crippen molar-refractivity contribution in [2.45, 2.75) is 55.4 Å². The number of carbonyl (C=O) groups excluding carboxylic acids is 4. The quantitative estimate of drug-likeness (QED) is 0.125. The molecule has 0 saturated heterocycles. The lowest BCUT2D eigenvalue weighted by Gasteiger charge is -2.25. The Labute approximate surface area is 315 Å². The van der Waals surface area contributed by atoms with Gasteiger partial charge in [-0.25, -0.2) is 0 Å². The predicted octanol–water partition coefficient (Wildman–Crippen LogP) is 10.7. The van der Waals surface area contributed by atoms with Gasteiger partial charge in [0.15, 0.2) is 11.5 Å². The van der Waals surface area contributed by atoms with Crippen molar-refractivity contribution in [3.8, 4) is 22.6 Å². The van der Waals surface area contributed by atoms with Crippen molar-refractivity contribution in [3.05, 3.63) is 131 Å². The van der Waals surface area contributed by atoms with Crippen LogP contribution >= 0.6 is 0 Å². The van der Waals surface area contributed by atoms with E-state index in [1.54, 1.807) is 65.8 Å². The van der Waals surface area contributed by atoms with Crippen molar-refractivity contribution in [3.63, 3.8) is 0 Å². The maximum atomic E-state index is 14.5. The normalized spacial score (nSPS) is 11.6. The summed E-state index contributed by atoms with van der Waals surface area (Å²) in [6.07, 6.45) is 0. The minimum atomic E-state index is -0.967. The summed E-state index contributed by atoms with van der Waals surface area (Å²) in [7, 11) is 0. The van der Waals surface area contributed by atoms with Crippen LogP contribution in [-0.2, 0) is 9.59 Å². The van der Waals surface area contributed by atoms with Gasteiger partial charge >= 0.3 is 11.9 Å². The lowest BCUT2D eigenvalue weighted by molar-refractivity contribution is -0.143. The Kier molecular flexibility index (Phi) is 10.1. The molecule has 54 heavy (non-hydrogen) atoms. The van der Waals surface area contributed by atoms with Gasteiger partial charge in [-0.15, -0.1) is 0 Å². The minimum Gasteiger partial charge on any atom is -0.425 e. The van der Waals surface area contributed by atoms with Gasteiger partial charge in [-0.05, 0) is 112 Å². The lowest BCUT2D eigenvalue weighted by atomic mass is 9.87. The van der Waals surface area contributed by atoms with Crippen LogP contribution in [0.3, 0.4) is 0 Å². The second kappa shape index (κ2) is 14.6. The molecule has 0 bridgehead atoms. The van der Waals surface area contributed by atoms with E-state index in [1.165, 1.54) is 0 Å². The number of amides is 2. The summed E-state index contributed by atoms with van der Waals surface area (Å²) >= 11 is 0. The maximum Gasteiger partial charge on any atom is 0.316 e. The van der Waals surface area contributed by atoms with Crippen molar-refractivity contribution in [2.75, 3.05) is 10.6 Å². The van der Waals surface area contributed by atoms with E-state index in [0.29, 0.717) is 44.0 Å². The number of rotatable bonds is 7. The molecule has 0 unspecified atom stereocenters. The zero-order valence-corrected chi connectivity index (χ0v) is 31.8. The summed E-state index contributed by atoms with van der Waals surface area (Å²) in [6.45, 7) is 14.1. The average Bonchev–Trinajstić information content (AvgIpc) is 3.12. The summed E-state index contributed by atoms with van der Waals surface area (Å²) in [5, 5.41) is 8.55. The maximum absolute atomic E-state index is 14.5. The second-order valence-electron chi connectivity index (χ2n) is 15.5. The first kappa shape index (κ1) is 37.5. The van der Waals surface area contributed by atoms with E-state index in [0.717, 1.165) is 11.1 Å². The number of hydrogen-bond acceptors (Lipinski definition) is 6. The second-order valence-corrected chi connectivity index (χ2v) is 15.5. The number of benzene rings is 6. The van der Waals surface area contributed by atoms with Crippen LogP contribution in [0.15, 0.2) is 109 Å².